The van der Waals surface area contributed by atoms with E-state index in [0.717, 1.165) is 11.3 Å². The number of amides is 2. The van der Waals surface area contributed by atoms with Crippen LogP contribution in [0.3, 0.4) is 0 Å². The van der Waals surface area contributed by atoms with E-state index in [9.17, 15) is 9.59 Å². The molecule has 1 aliphatic heterocycles. The predicted octanol–water partition coefficient (Wildman–Crippen LogP) is 0.362. The van der Waals surface area contributed by atoms with E-state index in [4.69, 9.17) is 5.73 Å². The molecule has 0 unspecified atom stereocenters. The standard InChI is InChI=1S/C12H15N3O2/c13-11(16)6-5-10-12(17)15-9-4-2-1-3-8(9)7-14-10/h1-4,10,14H,5-7H2,(H2,13,16)(H,15,17)/t10-/m0/s1. The third-order valence-corrected chi connectivity index (χ3v) is 2.81. The first kappa shape index (κ1) is 11.6. The Hall–Kier alpha value is -1.88. The van der Waals surface area contributed by atoms with Gasteiger partial charge in [0.1, 0.15) is 0 Å². The van der Waals surface area contributed by atoms with Gasteiger partial charge in [0.15, 0.2) is 0 Å². The number of nitrogens with two attached hydrogens (primary N) is 1. The zero-order valence-corrected chi connectivity index (χ0v) is 9.40. The summed E-state index contributed by atoms with van der Waals surface area (Å²) < 4.78 is 0. The van der Waals surface area contributed by atoms with Crippen molar-refractivity contribution in [1.29, 1.82) is 0 Å². The number of nitrogens with one attached hydrogen (secondary N) is 2. The Morgan fingerprint density at radius 2 is 2.18 bits per heavy atom. The van der Waals surface area contributed by atoms with Gasteiger partial charge in [0.2, 0.25) is 11.8 Å². The quantitative estimate of drug-likeness (QED) is 0.705. The minimum absolute atomic E-state index is 0.115. The van der Waals surface area contributed by atoms with Crippen LogP contribution in [0.1, 0.15) is 18.4 Å². The van der Waals surface area contributed by atoms with E-state index in [1.165, 1.54) is 0 Å². The van der Waals surface area contributed by atoms with Gasteiger partial charge < -0.3 is 16.4 Å². The maximum atomic E-state index is 11.9. The lowest BCUT2D eigenvalue weighted by Gasteiger charge is -2.12. The molecule has 2 amide bonds. The van der Waals surface area contributed by atoms with Crippen LogP contribution in [0.25, 0.3) is 0 Å². The number of hydrogen-bond acceptors (Lipinski definition) is 3. The number of anilines is 1. The topological polar surface area (TPSA) is 84.2 Å². The number of para-hydroxylation sites is 1. The average molecular weight is 233 g/mol. The van der Waals surface area contributed by atoms with E-state index < -0.39 is 0 Å². The molecule has 5 heteroatoms. The normalized spacial score (nSPS) is 19.1. The summed E-state index contributed by atoms with van der Waals surface area (Å²) in [6.07, 6.45) is 0.636. The van der Waals surface area contributed by atoms with Crippen molar-refractivity contribution in [3.05, 3.63) is 29.8 Å². The SMILES string of the molecule is NC(=O)CC[C@@H]1NCc2ccccc2NC1=O. The molecule has 0 fully saturated rings. The van der Waals surface area contributed by atoms with Gasteiger partial charge in [-0.2, -0.15) is 0 Å². The minimum atomic E-state index is -0.388. The highest BCUT2D eigenvalue weighted by Gasteiger charge is 2.22. The molecule has 1 atom stereocenters. The molecule has 0 aromatic heterocycles. The summed E-state index contributed by atoms with van der Waals surface area (Å²) >= 11 is 0. The molecule has 1 aliphatic rings. The number of carbonyl (C=O) groups is 2. The maximum Gasteiger partial charge on any atom is 0.241 e. The second-order valence-electron chi connectivity index (χ2n) is 4.08. The lowest BCUT2D eigenvalue weighted by molar-refractivity contribution is -0.119. The van der Waals surface area contributed by atoms with E-state index in [2.05, 4.69) is 10.6 Å². The first-order valence-electron chi connectivity index (χ1n) is 5.57. The van der Waals surface area contributed by atoms with Crippen molar-refractivity contribution in [2.45, 2.75) is 25.4 Å². The molecule has 0 radical (unpaired) electrons. The molecule has 0 saturated carbocycles. The van der Waals surface area contributed by atoms with Gasteiger partial charge in [0, 0.05) is 18.7 Å². The summed E-state index contributed by atoms with van der Waals surface area (Å²) in [7, 11) is 0. The van der Waals surface area contributed by atoms with Crippen LogP contribution in [-0.2, 0) is 16.1 Å². The molecule has 2 rings (SSSR count). The molecule has 1 aromatic rings. The van der Waals surface area contributed by atoms with Crippen molar-refractivity contribution in [2.24, 2.45) is 5.73 Å². The van der Waals surface area contributed by atoms with Crippen molar-refractivity contribution in [2.75, 3.05) is 5.32 Å². The van der Waals surface area contributed by atoms with Crippen LogP contribution in [0.15, 0.2) is 24.3 Å². The van der Waals surface area contributed by atoms with Gasteiger partial charge in [-0.3, -0.25) is 9.59 Å². The molecule has 4 N–H and O–H groups in total. The Balaban J connectivity index is 2.07. The Kier molecular flexibility index (Phi) is 3.39. The molecule has 0 bridgehead atoms. The molecule has 1 heterocycles. The average Bonchev–Trinajstić information content (AvgIpc) is 2.45. The van der Waals surface area contributed by atoms with Crippen molar-refractivity contribution < 1.29 is 9.59 Å². The van der Waals surface area contributed by atoms with Crippen molar-refractivity contribution in [1.82, 2.24) is 5.32 Å². The molecular formula is C12H15N3O2. The summed E-state index contributed by atoms with van der Waals surface area (Å²) in [4.78, 5) is 22.6. The number of hydrogen-bond donors (Lipinski definition) is 3. The smallest absolute Gasteiger partial charge is 0.241 e. The second-order valence-corrected chi connectivity index (χ2v) is 4.08. The van der Waals surface area contributed by atoms with Crippen LogP contribution < -0.4 is 16.4 Å². The molecule has 1 aromatic carbocycles. The van der Waals surface area contributed by atoms with Gasteiger partial charge in [-0.25, -0.2) is 0 Å². The number of carbonyl (C=O) groups excluding carboxylic acids is 2. The monoisotopic (exact) mass is 233 g/mol. The Morgan fingerprint density at radius 3 is 2.94 bits per heavy atom. The van der Waals surface area contributed by atoms with Crippen LogP contribution in [-0.4, -0.2) is 17.9 Å². The van der Waals surface area contributed by atoms with Crippen molar-refractivity contribution >= 4 is 17.5 Å². The zero-order chi connectivity index (χ0) is 12.3. The number of rotatable bonds is 3. The molecule has 90 valence electrons. The zero-order valence-electron chi connectivity index (χ0n) is 9.40. The van der Waals surface area contributed by atoms with Crippen LogP contribution in [0.2, 0.25) is 0 Å². The van der Waals surface area contributed by atoms with Gasteiger partial charge in [-0.05, 0) is 18.1 Å². The maximum absolute atomic E-state index is 11.9. The van der Waals surface area contributed by atoms with Gasteiger partial charge in [0.05, 0.1) is 6.04 Å². The van der Waals surface area contributed by atoms with E-state index in [1.807, 2.05) is 24.3 Å². The van der Waals surface area contributed by atoms with Gasteiger partial charge in [-0.15, -0.1) is 0 Å². The van der Waals surface area contributed by atoms with Gasteiger partial charge >= 0.3 is 0 Å². The Morgan fingerprint density at radius 1 is 1.41 bits per heavy atom. The van der Waals surface area contributed by atoms with Gasteiger partial charge in [-0.1, -0.05) is 18.2 Å². The Bertz CT molecular complexity index is 445. The highest BCUT2D eigenvalue weighted by molar-refractivity contribution is 5.96. The van der Waals surface area contributed by atoms with Crippen LogP contribution >= 0.6 is 0 Å². The first-order chi connectivity index (χ1) is 8.16. The number of primary amides is 1. The van der Waals surface area contributed by atoms with Crippen LogP contribution in [0, 0.1) is 0 Å². The highest BCUT2D eigenvalue weighted by atomic mass is 16.2. The third kappa shape index (κ3) is 2.82. The lowest BCUT2D eigenvalue weighted by Crippen LogP contribution is -2.38. The van der Waals surface area contributed by atoms with E-state index in [0.29, 0.717) is 13.0 Å². The molecule has 5 nitrogen and oxygen atoms in total. The molecule has 0 spiro atoms. The van der Waals surface area contributed by atoms with Crippen molar-refractivity contribution in [3.63, 3.8) is 0 Å². The molecular weight excluding hydrogens is 218 g/mol. The fraction of sp³-hybridized carbons (Fsp3) is 0.333. The third-order valence-electron chi connectivity index (χ3n) is 2.81. The number of fused-ring (bicyclic) bond motifs is 1. The first-order valence-corrected chi connectivity index (χ1v) is 5.57. The largest absolute Gasteiger partial charge is 0.370 e. The minimum Gasteiger partial charge on any atom is -0.370 e. The van der Waals surface area contributed by atoms with Crippen LogP contribution in [0.4, 0.5) is 5.69 Å². The van der Waals surface area contributed by atoms with Crippen LogP contribution in [0.5, 0.6) is 0 Å². The summed E-state index contributed by atoms with van der Waals surface area (Å²) in [5.74, 6) is -0.502. The summed E-state index contributed by atoms with van der Waals surface area (Å²) in [6.45, 7) is 0.609. The summed E-state index contributed by atoms with van der Waals surface area (Å²) in [5.41, 5.74) is 6.95. The van der Waals surface area contributed by atoms with Gasteiger partial charge in [0.25, 0.3) is 0 Å². The molecule has 0 saturated heterocycles. The van der Waals surface area contributed by atoms with Crippen molar-refractivity contribution in [3.8, 4) is 0 Å². The second kappa shape index (κ2) is 4.97. The molecule has 17 heavy (non-hydrogen) atoms. The Labute approximate surface area is 99.4 Å². The fourth-order valence-electron chi connectivity index (χ4n) is 1.86. The predicted molar refractivity (Wildman–Crippen MR) is 64.1 cm³/mol. The lowest BCUT2D eigenvalue weighted by atomic mass is 10.1. The van der Waals surface area contributed by atoms with E-state index >= 15 is 0 Å². The fourth-order valence-corrected chi connectivity index (χ4v) is 1.86. The summed E-state index contributed by atoms with van der Waals surface area (Å²) in [6, 6.07) is 7.26. The van der Waals surface area contributed by atoms with E-state index in [1.54, 1.807) is 0 Å². The highest BCUT2D eigenvalue weighted by Crippen LogP contribution is 2.18. The number of benzene rings is 1. The van der Waals surface area contributed by atoms with E-state index in [-0.39, 0.29) is 24.3 Å². The summed E-state index contributed by atoms with van der Waals surface area (Å²) in [5, 5.41) is 5.97. The molecule has 0 aliphatic carbocycles.